The Bertz CT molecular complexity index is 809. The number of hydrogen-bond donors (Lipinski definition) is 2. The average Bonchev–Trinajstić information content (AvgIpc) is 3.09. The molecular formula is C18H18BrN3O3S. The van der Waals surface area contributed by atoms with Crippen LogP contribution in [-0.2, 0) is 9.59 Å². The van der Waals surface area contributed by atoms with Gasteiger partial charge in [0.15, 0.2) is 0 Å². The van der Waals surface area contributed by atoms with E-state index in [0.717, 1.165) is 16.6 Å². The molecule has 1 unspecified atom stereocenters. The lowest BCUT2D eigenvalue weighted by Gasteiger charge is -2.34. The van der Waals surface area contributed by atoms with Gasteiger partial charge in [0.05, 0.1) is 8.66 Å². The van der Waals surface area contributed by atoms with E-state index in [9.17, 15) is 14.4 Å². The van der Waals surface area contributed by atoms with Crippen molar-refractivity contribution in [2.24, 2.45) is 0 Å². The molecule has 1 atom stereocenters. The molecule has 0 radical (unpaired) electrons. The van der Waals surface area contributed by atoms with Crippen LogP contribution in [0.25, 0.3) is 0 Å². The van der Waals surface area contributed by atoms with E-state index in [4.69, 9.17) is 0 Å². The summed E-state index contributed by atoms with van der Waals surface area (Å²) >= 11 is 4.57. The van der Waals surface area contributed by atoms with Crippen LogP contribution in [0, 0.1) is 0 Å². The summed E-state index contributed by atoms with van der Waals surface area (Å²) in [7, 11) is 0. The van der Waals surface area contributed by atoms with Crippen molar-refractivity contribution in [3.05, 3.63) is 56.7 Å². The third-order valence-electron chi connectivity index (χ3n) is 4.13. The SMILES string of the molecule is O=C(NNC(=O)C(c1ccccc1)N1CCCCC1=O)c1ccc(Br)s1. The second kappa shape index (κ2) is 8.46. The number of nitrogens with zero attached hydrogens (tertiary/aromatic N) is 1. The predicted octanol–water partition coefficient (Wildman–Crippen LogP) is 3.03. The lowest BCUT2D eigenvalue weighted by molar-refractivity contribution is -0.143. The second-order valence-electron chi connectivity index (χ2n) is 5.90. The summed E-state index contributed by atoms with van der Waals surface area (Å²) in [6.45, 7) is 0.525. The molecule has 1 aliphatic rings. The monoisotopic (exact) mass is 435 g/mol. The molecule has 2 aromatic rings. The quantitative estimate of drug-likeness (QED) is 0.724. The largest absolute Gasteiger partial charge is 0.326 e. The fourth-order valence-electron chi connectivity index (χ4n) is 2.89. The summed E-state index contributed by atoms with van der Waals surface area (Å²) in [5.74, 6) is -0.880. The molecule has 0 saturated carbocycles. The van der Waals surface area contributed by atoms with Crippen LogP contribution in [0.2, 0.25) is 0 Å². The van der Waals surface area contributed by atoms with E-state index in [-0.39, 0.29) is 5.91 Å². The van der Waals surface area contributed by atoms with E-state index >= 15 is 0 Å². The van der Waals surface area contributed by atoms with Gasteiger partial charge in [-0.25, -0.2) is 0 Å². The van der Waals surface area contributed by atoms with E-state index in [2.05, 4.69) is 26.8 Å². The van der Waals surface area contributed by atoms with Crippen molar-refractivity contribution in [1.82, 2.24) is 15.8 Å². The number of thiophene rings is 1. The number of benzene rings is 1. The van der Waals surface area contributed by atoms with Gasteiger partial charge in [0.25, 0.3) is 11.8 Å². The Morgan fingerprint density at radius 2 is 1.85 bits per heavy atom. The zero-order valence-electron chi connectivity index (χ0n) is 13.9. The van der Waals surface area contributed by atoms with Crippen LogP contribution in [0.5, 0.6) is 0 Å². The smallest absolute Gasteiger partial charge is 0.279 e. The van der Waals surface area contributed by atoms with Crippen molar-refractivity contribution in [3.63, 3.8) is 0 Å². The van der Waals surface area contributed by atoms with Crippen LogP contribution < -0.4 is 10.9 Å². The second-order valence-corrected chi connectivity index (χ2v) is 8.37. The highest BCUT2D eigenvalue weighted by Gasteiger charge is 2.32. The van der Waals surface area contributed by atoms with Gasteiger partial charge in [0.2, 0.25) is 5.91 Å². The summed E-state index contributed by atoms with van der Waals surface area (Å²) in [5.41, 5.74) is 5.61. The molecule has 1 saturated heterocycles. The first-order chi connectivity index (χ1) is 12.6. The van der Waals surface area contributed by atoms with Crippen LogP contribution in [-0.4, -0.2) is 29.2 Å². The van der Waals surface area contributed by atoms with E-state index in [1.165, 1.54) is 11.3 Å². The fraction of sp³-hybridized carbons (Fsp3) is 0.278. The molecule has 1 fully saturated rings. The molecule has 1 aromatic carbocycles. The molecule has 3 rings (SSSR count). The molecule has 3 amide bonds. The maximum Gasteiger partial charge on any atom is 0.279 e. The minimum absolute atomic E-state index is 0.0474. The highest BCUT2D eigenvalue weighted by Crippen LogP contribution is 2.26. The highest BCUT2D eigenvalue weighted by molar-refractivity contribution is 9.11. The number of nitrogens with one attached hydrogen (secondary N) is 2. The molecule has 2 heterocycles. The summed E-state index contributed by atoms with van der Waals surface area (Å²) in [6, 6.07) is 11.8. The molecule has 136 valence electrons. The zero-order valence-corrected chi connectivity index (χ0v) is 16.3. The lowest BCUT2D eigenvalue weighted by Crippen LogP contribution is -2.50. The van der Waals surface area contributed by atoms with Crippen molar-refractivity contribution >= 4 is 45.0 Å². The van der Waals surface area contributed by atoms with Gasteiger partial charge in [-0.3, -0.25) is 25.2 Å². The Labute approximate surface area is 163 Å². The van der Waals surface area contributed by atoms with Crippen LogP contribution in [0.3, 0.4) is 0 Å². The number of carbonyl (C=O) groups is 3. The topological polar surface area (TPSA) is 78.5 Å². The highest BCUT2D eigenvalue weighted by atomic mass is 79.9. The third kappa shape index (κ3) is 4.31. The van der Waals surface area contributed by atoms with E-state index in [1.807, 2.05) is 30.3 Å². The van der Waals surface area contributed by atoms with Crippen LogP contribution >= 0.6 is 27.3 Å². The van der Waals surface area contributed by atoms with Gasteiger partial charge in [0.1, 0.15) is 6.04 Å². The standard InChI is InChI=1S/C18H18BrN3O3S/c19-14-10-9-13(26-14)17(24)20-21-18(25)16(12-6-2-1-3-7-12)22-11-5-4-8-15(22)23/h1-3,6-7,9-10,16H,4-5,8,11H2,(H,20,24)(H,21,25). The molecule has 8 heteroatoms. The first kappa shape index (κ1) is 18.6. The molecule has 26 heavy (non-hydrogen) atoms. The molecule has 0 bridgehead atoms. The van der Waals surface area contributed by atoms with E-state index < -0.39 is 17.9 Å². The Morgan fingerprint density at radius 3 is 2.50 bits per heavy atom. The van der Waals surface area contributed by atoms with Gasteiger partial charge >= 0.3 is 0 Å². The molecule has 1 aliphatic heterocycles. The Balaban J connectivity index is 1.74. The van der Waals surface area contributed by atoms with Crippen molar-refractivity contribution in [2.75, 3.05) is 6.54 Å². The van der Waals surface area contributed by atoms with Gasteiger partial charge in [-0.15, -0.1) is 11.3 Å². The van der Waals surface area contributed by atoms with Crippen molar-refractivity contribution in [2.45, 2.75) is 25.3 Å². The molecule has 6 nitrogen and oxygen atoms in total. The van der Waals surface area contributed by atoms with Gasteiger partial charge in [-0.05, 0) is 46.5 Å². The number of hydrazine groups is 1. The molecule has 0 spiro atoms. The van der Waals surface area contributed by atoms with Gasteiger partial charge in [-0.2, -0.15) is 0 Å². The lowest BCUT2D eigenvalue weighted by atomic mass is 10.0. The van der Waals surface area contributed by atoms with Crippen molar-refractivity contribution < 1.29 is 14.4 Å². The predicted molar refractivity (Wildman–Crippen MR) is 102 cm³/mol. The van der Waals surface area contributed by atoms with E-state index in [1.54, 1.807) is 17.0 Å². The van der Waals surface area contributed by atoms with Crippen molar-refractivity contribution in [3.8, 4) is 0 Å². The first-order valence-electron chi connectivity index (χ1n) is 8.26. The maximum absolute atomic E-state index is 12.8. The average molecular weight is 436 g/mol. The van der Waals surface area contributed by atoms with Gasteiger partial charge < -0.3 is 4.90 Å². The maximum atomic E-state index is 12.8. The van der Waals surface area contributed by atoms with Crippen LogP contribution in [0.15, 0.2) is 46.3 Å². The Morgan fingerprint density at radius 1 is 1.08 bits per heavy atom. The third-order valence-corrected chi connectivity index (χ3v) is 5.75. The van der Waals surface area contributed by atoms with Gasteiger partial charge in [-0.1, -0.05) is 30.3 Å². The van der Waals surface area contributed by atoms with Gasteiger partial charge in [0, 0.05) is 13.0 Å². The number of carbonyl (C=O) groups excluding carboxylic acids is 3. The molecule has 2 N–H and O–H groups in total. The van der Waals surface area contributed by atoms with E-state index in [0.29, 0.717) is 23.4 Å². The normalized spacial score (nSPS) is 15.4. The number of halogens is 1. The minimum atomic E-state index is -0.764. The number of piperidine rings is 1. The number of amides is 3. The Hall–Kier alpha value is -2.19. The summed E-state index contributed by atoms with van der Waals surface area (Å²) in [5, 5.41) is 0. The fourth-order valence-corrected chi connectivity index (χ4v) is 4.17. The van der Waals surface area contributed by atoms with Crippen molar-refractivity contribution in [1.29, 1.82) is 0 Å². The minimum Gasteiger partial charge on any atom is -0.326 e. The summed E-state index contributed by atoms with van der Waals surface area (Å²) in [6.07, 6.45) is 2.13. The van der Waals surface area contributed by atoms with Crippen LogP contribution in [0.1, 0.15) is 40.5 Å². The Kier molecular flexibility index (Phi) is 6.05. The number of hydrogen-bond acceptors (Lipinski definition) is 4. The molecule has 1 aromatic heterocycles. The molecule has 0 aliphatic carbocycles. The zero-order chi connectivity index (χ0) is 18.5. The first-order valence-corrected chi connectivity index (χ1v) is 9.87. The number of likely N-dealkylation sites (tertiary alicyclic amines) is 1. The summed E-state index contributed by atoms with van der Waals surface area (Å²) in [4.78, 5) is 39.3. The van der Waals surface area contributed by atoms with Crippen LogP contribution in [0.4, 0.5) is 0 Å². The molecular weight excluding hydrogens is 418 g/mol. The number of rotatable bonds is 4. The summed E-state index contributed by atoms with van der Waals surface area (Å²) < 4.78 is 0.829.